The van der Waals surface area contributed by atoms with Gasteiger partial charge in [0.05, 0.1) is 5.56 Å². The highest BCUT2D eigenvalue weighted by Crippen LogP contribution is 2.26. The number of carbonyl (C=O) groups excluding carboxylic acids is 3. The Morgan fingerprint density at radius 3 is 2.24 bits per heavy atom. The van der Waals surface area contributed by atoms with Crippen LogP contribution in [0.2, 0.25) is 0 Å². The van der Waals surface area contributed by atoms with Crippen molar-refractivity contribution >= 4 is 39.7 Å². The van der Waals surface area contributed by atoms with E-state index in [0.29, 0.717) is 40.0 Å². The van der Waals surface area contributed by atoms with E-state index in [4.69, 9.17) is 4.74 Å². The first-order chi connectivity index (χ1) is 15.9. The summed E-state index contributed by atoms with van der Waals surface area (Å²) in [5.74, 6) is 0.105. The Balaban J connectivity index is 1.60. The highest BCUT2D eigenvalue weighted by molar-refractivity contribution is 7.14. The van der Waals surface area contributed by atoms with E-state index in [1.807, 2.05) is 19.1 Å². The minimum Gasteiger partial charge on any atom is -0.484 e. The molecule has 172 valence electrons. The van der Waals surface area contributed by atoms with E-state index in [9.17, 15) is 14.4 Å². The van der Waals surface area contributed by atoms with Gasteiger partial charge >= 0.3 is 0 Å². The molecule has 0 saturated carbocycles. The molecule has 1 heterocycles. The second-order valence-electron chi connectivity index (χ2n) is 7.61. The third-order valence-electron chi connectivity index (χ3n) is 4.83. The number of nitrogens with one attached hydrogen (secondary N) is 3. The quantitative estimate of drug-likeness (QED) is 0.419. The first-order valence-electron chi connectivity index (χ1n) is 10.7. The van der Waals surface area contributed by atoms with Crippen molar-refractivity contribution in [2.45, 2.75) is 26.7 Å². The average Bonchev–Trinajstić information content (AvgIpc) is 3.27. The van der Waals surface area contributed by atoms with E-state index >= 15 is 0 Å². The Labute approximate surface area is 197 Å². The molecule has 3 N–H and O–H groups in total. The van der Waals surface area contributed by atoms with Crippen LogP contribution in [0.1, 0.15) is 53.0 Å². The molecule has 0 unspecified atom stereocenters. The van der Waals surface area contributed by atoms with Crippen molar-refractivity contribution in [2.75, 3.05) is 23.8 Å². The zero-order valence-corrected chi connectivity index (χ0v) is 19.6. The number of rotatable bonds is 9. The number of ether oxygens (including phenoxy) is 1. The summed E-state index contributed by atoms with van der Waals surface area (Å²) in [6.45, 7) is 6.50. The van der Waals surface area contributed by atoms with Gasteiger partial charge in [-0.1, -0.05) is 26.0 Å². The summed E-state index contributed by atoms with van der Waals surface area (Å²) < 4.78 is 5.41. The Morgan fingerprint density at radius 2 is 1.61 bits per heavy atom. The molecule has 2 aromatic carbocycles. The fourth-order valence-electron chi connectivity index (χ4n) is 3.01. The van der Waals surface area contributed by atoms with Gasteiger partial charge in [0, 0.05) is 17.8 Å². The Kier molecular flexibility index (Phi) is 8.21. The van der Waals surface area contributed by atoms with Crippen LogP contribution in [0.25, 0.3) is 0 Å². The van der Waals surface area contributed by atoms with Crippen molar-refractivity contribution in [3.8, 4) is 5.75 Å². The van der Waals surface area contributed by atoms with Crippen LogP contribution in [0.15, 0.2) is 60.0 Å². The van der Waals surface area contributed by atoms with Crippen molar-refractivity contribution in [2.24, 2.45) is 0 Å². The molecule has 0 aliphatic heterocycles. The first-order valence-corrected chi connectivity index (χ1v) is 11.5. The van der Waals surface area contributed by atoms with Crippen LogP contribution in [0.4, 0.5) is 10.7 Å². The van der Waals surface area contributed by atoms with Gasteiger partial charge in [0.2, 0.25) is 0 Å². The molecule has 0 radical (unpaired) electrons. The third-order valence-corrected chi connectivity index (χ3v) is 5.66. The summed E-state index contributed by atoms with van der Waals surface area (Å²) in [6.07, 6.45) is 0. The largest absolute Gasteiger partial charge is 0.484 e. The Morgan fingerprint density at radius 1 is 0.909 bits per heavy atom. The van der Waals surface area contributed by atoms with E-state index < -0.39 is 0 Å². The lowest BCUT2D eigenvalue weighted by atomic mass is 10.0. The number of thiophene rings is 1. The zero-order chi connectivity index (χ0) is 23.8. The van der Waals surface area contributed by atoms with Crippen LogP contribution in [-0.4, -0.2) is 30.9 Å². The van der Waals surface area contributed by atoms with Gasteiger partial charge in [-0.25, -0.2) is 0 Å². The second-order valence-corrected chi connectivity index (χ2v) is 8.53. The molecular formula is C25H27N3O4S. The van der Waals surface area contributed by atoms with Crippen molar-refractivity contribution in [3.05, 3.63) is 76.7 Å². The third kappa shape index (κ3) is 6.66. The van der Waals surface area contributed by atoms with Gasteiger partial charge in [-0.3, -0.25) is 14.4 Å². The van der Waals surface area contributed by atoms with E-state index in [2.05, 4.69) is 29.8 Å². The monoisotopic (exact) mass is 465 g/mol. The minimum absolute atomic E-state index is 0.0717. The number of hydrogen-bond donors (Lipinski definition) is 3. The molecule has 0 atom stereocenters. The van der Waals surface area contributed by atoms with Gasteiger partial charge in [-0.05, 0) is 66.2 Å². The number of benzene rings is 2. The number of likely N-dealkylation sites (N-methyl/N-ethyl adjacent to an activating group) is 1. The Bertz CT molecular complexity index is 1110. The van der Waals surface area contributed by atoms with Gasteiger partial charge in [0.1, 0.15) is 10.8 Å². The van der Waals surface area contributed by atoms with Crippen molar-refractivity contribution in [3.63, 3.8) is 0 Å². The number of carbonyl (C=O) groups is 3. The van der Waals surface area contributed by atoms with E-state index in [1.165, 1.54) is 11.3 Å². The number of anilines is 2. The molecule has 7 nitrogen and oxygen atoms in total. The molecule has 0 saturated heterocycles. The first kappa shape index (κ1) is 24.0. The maximum absolute atomic E-state index is 12.8. The second kappa shape index (κ2) is 11.3. The summed E-state index contributed by atoms with van der Waals surface area (Å²) in [5.41, 5.74) is 2.63. The summed E-state index contributed by atoms with van der Waals surface area (Å²) >= 11 is 1.28. The summed E-state index contributed by atoms with van der Waals surface area (Å²) in [5, 5.41) is 10.5. The molecule has 3 amide bonds. The summed E-state index contributed by atoms with van der Waals surface area (Å²) in [7, 11) is 0. The maximum atomic E-state index is 12.8. The van der Waals surface area contributed by atoms with E-state index in [1.54, 1.807) is 47.8 Å². The lowest BCUT2D eigenvalue weighted by Crippen LogP contribution is -2.28. The average molecular weight is 466 g/mol. The summed E-state index contributed by atoms with van der Waals surface area (Å²) in [4.78, 5) is 36.9. The fourth-order valence-corrected chi connectivity index (χ4v) is 3.79. The highest BCUT2D eigenvalue weighted by Gasteiger charge is 2.16. The van der Waals surface area contributed by atoms with Crippen molar-refractivity contribution in [1.82, 2.24) is 5.32 Å². The normalized spacial score (nSPS) is 10.5. The molecule has 0 aliphatic carbocycles. The number of amides is 3. The van der Waals surface area contributed by atoms with Gasteiger partial charge in [0.15, 0.2) is 6.61 Å². The molecule has 3 aromatic rings. The van der Waals surface area contributed by atoms with Gasteiger partial charge in [-0.15, -0.1) is 11.3 Å². The topological polar surface area (TPSA) is 96.5 Å². The van der Waals surface area contributed by atoms with Gasteiger partial charge in [-0.2, -0.15) is 0 Å². The van der Waals surface area contributed by atoms with Gasteiger partial charge < -0.3 is 20.7 Å². The smallest absolute Gasteiger partial charge is 0.258 e. The minimum atomic E-state index is -0.335. The van der Waals surface area contributed by atoms with Gasteiger partial charge in [0.25, 0.3) is 17.7 Å². The Hall–Kier alpha value is -3.65. The zero-order valence-electron chi connectivity index (χ0n) is 18.8. The molecule has 3 rings (SSSR count). The number of hydrogen-bond acceptors (Lipinski definition) is 5. The molecule has 1 aromatic heterocycles. The fraction of sp³-hybridized carbons (Fsp3) is 0.240. The summed E-state index contributed by atoms with van der Waals surface area (Å²) in [6, 6.07) is 15.8. The standard InChI is InChI=1S/C25H27N3O4S/c1-4-26-22(29)15-32-20-11-9-19(10-12-20)27-24(31)21-13-14-33-25(21)28-23(30)18-7-5-17(6-8-18)16(2)3/h5-14,16H,4,15H2,1-3H3,(H,26,29)(H,27,31)(H,28,30). The predicted octanol–water partition coefficient (Wildman–Crippen LogP) is 4.89. The lowest BCUT2D eigenvalue weighted by molar-refractivity contribution is -0.122. The van der Waals surface area contributed by atoms with Crippen LogP contribution in [0.3, 0.4) is 0 Å². The molecular weight excluding hydrogens is 438 g/mol. The van der Waals surface area contributed by atoms with E-state index in [-0.39, 0.29) is 24.3 Å². The SMILES string of the molecule is CCNC(=O)COc1ccc(NC(=O)c2ccsc2NC(=O)c2ccc(C(C)C)cc2)cc1. The van der Waals surface area contributed by atoms with Crippen LogP contribution in [-0.2, 0) is 4.79 Å². The van der Waals surface area contributed by atoms with Crippen molar-refractivity contribution in [1.29, 1.82) is 0 Å². The highest BCUT2D eigenvalue weighted by atomic mass is 32.1. The van der Waals surface area contributed by atoms with Crippen molar-refractivity contribution < 1.29 is 19.1 Å². The van der Waals surface area contributed by atoms with Crippen LogP contribution in [0.5, 0.6) is 5.75 Å². The van der Waals surface area contributed by atoms with Crippen LogP contribution in [0, 0.1) is 0 Å². The molecule has 0 fully saturated rings. The maximum Gasteiger partial charge on any atom is 0.258 e. The molecule has 8 heteroatoms. The van der Waals surface area contributed by atoms with Crippen LogP contribution < -0.4 is 20.7 Å². The predicted molar refractivity (Wildman–Crippen MR) is 131 cm³/mol. The molecule has 33 heavy (non-hydrogen) atoms. The van der Waals surface area contributed by atoms with Crippen LogP contribution >= 0.6 is 11.3 Å². The van der Waals surface area contributed by atoms with E-state index in [0.717, 1.165) is 5.56 Å². The molecule has 0 aliphatic rings. The molecule has 0 bridgehead atoms. The molecule has 0 spiro atoms. The lowest BCUT2D eigenvalue weighted by Gasteiger charge is -2.10.